The van der Waals surface area contributed by atoms with Gasteiger partial charge < -0.3 is 4.74 Å². The van der Waals surface area contributed by atoms with Crippen LogP contribution in [0, 0.1) is 5.92 Å². The normalized spacial score (nSPS) is 13.8. The zero-order chi connectivity index (χ0) is 18.0. The van der Waals surface area contributed by atoms with Crippen molar-refractivity contribution in [3.05, 3.63) is 27.7 Å². The molecule has 0 unspecified atom stereocenters. The second kappa shape index (κ2) is 7.53. The van der Waals surface area contributed by atoms with E-state index in [2.05, 4.69) is 0 Å². The third-order valence-corrected chi connectivity index (χ3v) is 4.66. The monoisotopic (exact) mass is 371 g/mol. The maximum Gasteiger partial charge on any atom is 0.414 e. The number of benzene rings is 1. The molecule has 0 bridgehead atoms. The summed E-state index contributed by atoms with van der Waals surface area (Å²) in [5.74, 6) is -0.469. The van der Waals surface area contributed by atoms with Crippen LogP contribution in [0.3, 0.4) is 0 Å². The van der Waals surface area contributed by atoms with Crippen LogP contribution in [0.15, 0.2) is 12.1 Å². The first-order chi connectivity index (χ1) is 11.3. The van der Waals surface area contributed by atoms with Gasteiger partial charge in [0.05, 0.1) is 29.3 Å². The Kier molecular flexibility index (Phi) is 5.88. The lowest BCUT2D eigenvalue weighted by atomic mass is 10.0. The number of carbonyl (C=O) groups excluding carboxylic acids is 3. The standard InChI is InChI=1S/C17H19Cl2NO4/c1-9(2)20(17(23)24-3)16-11(6-7-12(18)15(16)19)14(22)8-13(21)10-4-5-10/h6-7,9-10H,4-5,8H2,1-3H3. The fourth-order valence-corrected chi connectivity index (χ4v) is 2.87. The summed E-state index contributed by atoms with van der Waals surface area (Å²) in [7, 11) is 1.24. The Morgan fingerprint density at radius 3 is 2.38 bits per heavy atom. The molecule has 0 saturated heterocycles. The van der Waals surface area contributed by atoms with E-state index in [1.54, 1.807) is 13.8 Å². The average Bonchev–Trinajstić information content (AvgIpc) is 3.35. The van der Waals surface area contributed by atoms with Gasteiger partial charge >= 0.3 is 6.09 Å². The van der Waals surface area contributed by atoms with E-state index >= 15 is 0 Å². The van der Waals surface area contributed by atoms with Crippen molar-refractivity contribution in [3.63, 3.8) is 0 Å². The number of hydrogen-bond acceptors (Lipinski definition) is 4. The largest absolute Gasteiger partial charge is 0.452 e. The number of ketones is 2. The van der Waals surface area contributed by atoms with Crippen molar-refractivity contribution in [3.8, 4) is 0 Å². The molecule has 0 spiro atoms. The summed E-state index contributed by atoms with van der Waals surface area (Å²) < 4.78 is 4.79. The molecule has 0 heterocycles. The fraction of sp³-hybridized carbons (Fsp3) is 0.471. The van der Waals surface area contributed by atoms with Crippen molar-refractivity contribution in [2.24, 2.45) is 5.92 Å². The van der Waals surface area contributed by atoms with Gasteiger partial charge in [-0.25, -0.2) is 4.79 Å². The van der Waals surface area contributed by atoms with Gasteiger partial charge in [0.15, 0.2) is 5.78 Å². The van der Waals surface area contributed by atoms with Crippen LogP contribution in [0.5, 0.6) is 0 Å². The number of rotatable bonds is 6. The predicted octanol–water partition coefficient (Wildman–Crippen LogP) is 4.53. The molecule has 0 atom stereocenters. The summed E-state index contributed by atoms with van der Waals surface area (Å²) in [5.41, 5.74) is 0.372. The highest BCUT2D eigenvalue weighted by Crippen LogP contribution is 2.38. The summed E-state index contributed by atoms with van der Waals surface area (Å²) in [6.07, 6.45) is 0.806. The van der Waals surface area contributed by atoms with Crippen LogP contribution >= 0.6 is 23.2 Å². The van der Waals surface area contributed by atoms with E-state index < -0.39 is 6.09 Å². The topological polar surface area (TPSA) is 63.7 Å². The van der Waals surface area contributed by atoms with Gasteiger partial charge in [-0.15, -0.1) is 0 Å². The van der Waals surface area contributed by atoms with Gasteiger partial charge in [-0.3, -0.25) is 14.5 Å². The highest BCUT2D eigenvalue weighted by atomic mass is 35.5. The second-order valence-corrected chi connectivity index (χ2v) is 6.82. The Bertz CT molecular complexity index is 683. The number of halogens is 2. The van der Waals surface area contributed by atoms with Crippen LogP contribution in [-0.2, 0) is 9.53 Å². The third-order valence-electron chi connectivity index (χ3n) is 3.87. The maximum absolute atomic E-state index is 12.6. The van der Waals surface area contributed by atoms with E-state index in [0.717, 1.165) is 12.8 Å². The Hall–Kier alpha value is -1.59. The zero-order valence-corrected chi connectivity index (χ0v) is 15.3. The molecule has 0 N–H and O–H groups in total. The van der Waals surface area contributed by atoms with E-state index in [1.165, 1.54) is 24.1 Å². The van der Waals surface area contributed by atoms with Crippen molar-refractivity contribution in [1.82, 2.24) is 0 Å². The minimum absolute atomic E-state index is 0.0121. The second-order valence-electron chi connectivity index (χ2n) is 6.03. The quantitative estimate of drug-likeness (QED) is 0.544. The Labute approximate surface area is 150 Å². The first-order valence-corrected chi connectivity index (χ1v) is 8.44. The molecule has 24 heavy (non-hydrogen) atoms. The first kappa shape index (κ1) is 18.7. The summed E-state index contributed by atoms with van der Waals surface area (Å²) in [6.45, 7) is 3.52. The number of Topliss-reactive ketones (excluding diaryl/α,β-unsaturated/α-hetero) is 2. The van der Waals surface area contributed by atoms with Gasteiger partial charge in [-0.2, -0.15) is 0 Å². The van der Waals surface area contributed by atoms with Gasteiger partial charge in [0.2, 0.25) is 0 Å². The van der Waals surface area contributed by atoms with Crippen LogP contribution in [-0.4, -0.2) is 30.8 Å². The number of amides is 1. The summed E-state index contributed by atoms with van der Waals surface area (Å²) in [5, 5.41) is 0.298. The van der Waals surface area contributed by atoms with E-state index in [1.807, 2.05) is 0 Å². The van der Waals surface area contributed by atoms with Crippen LogP contribution in [0.1, 0.15) is 43.5 Å². The molecular weight excluding hydrogens is 353 g/mol. The number of methoxy groups -OCH3 is 1. The molecule has 7 heteroatoms. The summed E-state index contributed by atoms with van der Waals surface area (Å²) in [4.78, 5) is 38.0. The number of carbonyl (C=O) groups is 3. The zero-order valence-electron chi connectivity index (χ0n) is 13.8. The molecule has 1 amide bonds. The van der Waals surface area contributed by atoms with Crippen LogP contribution in [0.25, 0.3) is 0 Å². The highest BCUT2D eigenvalue weighted by Gasteiger charge is 2.33. The lowest BCUT2D eigenvalue weighted by Crippen LogP contribution is -2.38. The van der Waals surface area contributed by atoms with Crippen molar-refractivity contribution in [2.45, 2.75) is 39.2 Å². The average molecular weight is 372 g/mol. The van der Waals surface area contributed by atoms with Crippen LogP contribution < -0.4 is 4.90 Å². The number of ether oxygens (including phenoxy) is 1. The van der Waals surface area contributed by atoms with Gasteiger partial charge in [0, 0.05) is 17.5 Å². The molecule has 0 aliphatic heterocycles. The molecule has 1 aromatic rings. The maximum atomic E-state index is 12.6. The first-order valence-electron chi connectivity index (χ1n) is 7.69. The smallest absolute Gasteiger partial charge is 0.414 e. The SMILES string of the molecule is COC(=O)N(c1c(C(=O)CC(=O)C2CC2)ccc(Cl)c1Cl)C(C)C. The number of hydrogen-bond donors (Lipinski definition) is 0. The summed E-state index contributed by atoms with van der Waals surface area (Å²) >= 11 is 12.3. The Balaban J connectivity index is 2.47. The predicted molar refractivity (Wildman–Crippen MR) is 93.2 cm³/mol. The Morgan fingerprint density at radius 1 is 1.25 bits per heavy atom. The van der Waals surface area contributed by atoms with Gasteiger partial charge in [-0.1, -0.05) is 23.2 Å². The van der Waals surface area contributed by atoms with Gasteiger partial charge in [0.25, 0.3) is 0 Å². The molecule has 5 nitrogen and oxygen atoms in total. The number of nitrogens with zero attached hydrogens (tertiary/aromatic N) is 1. The molecule has 130 valence electrons. The molecule has 0 aromatic heterocycles. The van der Waals surface area contributed by atoms with E-state index in [-0.39, 0.29) is 51.2 Å². The van der Waals surface area contributed by atoms with Crippen LogP contribution in [0.2, 0.25) is 10.0 Å². The molecule has 1 fully saturated rings. The van der Waals surface area contributed by atoms with Crippen molar-refractivity contribution < 1.29 is 19.1 Å². The number of anilines is 1. The van der Waals surface area contributed by atoms with E-state index in [4.69, 9.17) is 27.9 Å². The minimum atomic E-state index is -0.656. The van der Waals surface area contributed by atoms with Gasteiger partial charge in [0.1, 0.15) is 5.78 Å². The molecule has 2 rings (SSSR count). The van der Waals surface area contributed by atoms with E-state index in [9.17, 15) is 14.4 Å². The lowest BCUT2D eigenvalue weighted by Gasteiger charge is -2.28. The third kappa shape index (κ3) is 3.90. The van der Waals surface area contributed by atoms with E-state index in [0.29, 0.717) is 0 Å². The minimum Gasteiger partial charge on any atom is -0.452 e. The lowest BCUT2D eigenvalue weighted by molar-refractivity contribution is -0.119. The molecule has 1 aliphatic rings. The fourth-order valence-electron chi connectivity index (χ4n) is 2.46. The van der Waals surface area contributed by atoms with Crippen molar-refractivity contribution in [2.75, 3.05) is 12.0 Å². The van der Waals surface area contributed by atoms with Gasteiger partial charge in [-0.05, 0) is 38.8 Å². The molecule has 1 aliphatic carbocycles. The molecule has 1 aromatic carbocycles. The summed E-state index contributed by atoms with van der Waals surface area (Å²) in [6, 6.07) is 2.65. The molecule has 0 radical (unpaired) electrons. The van der Waals surface area contributed by atoms with Crippen LogP contribution in [0.4, 0.5) is 10.5 Å². The molecular formula is C17H19Cl2NO4. The molecule has 1 saturated carbocycles. The Morgan fingerprint density at radius 2 is 1.88 bits per heavy atom. The van der Waals surface area contributed by atoms with Crippen molar-refractivity contribution >= 4 is 46.5 Å². The van der Waals surface area contributed by atoms with Crippen molar-refractivity contribution in [1.29, 1.82) is 0 Å². The highest BCUT2D eigenvalue weighted by molar-refractivity contribution is 6.44.